The number of esters is 1. The maximum atomic E-state index is 11.9. The van der Waals surface area contributed by atoms with Crippen LogP contribution in [0.4, 0.5) is 0 Å². The van der Waals surface area contributed by atoms with Gasteiger partial charge in [-0.25, -0.2) is 9.78 Å². The van der Waals surface area contributed by atoms with Gasteiger partial charge in [0, 0.05) is 22.7 Å². The Labute approximate surface area is 130 Å². The fourth-order valence-corrected chi connectivity index (χ4v) is 3.29. The molecule has 0 bridgehead atoms. The quantitative estimate of drug-likeness (QED) is 0.726. The van der Waals surface area contributed by atoms with E-state index in [0.717, 1.165) is 21.5 Å². The van der Waals surface area contributed by atoms with Crippen LogP contribution in [0.15, 0.2) is 24.4 Å². The molecule has 0 saturated heterocycles. The highest BCUT2D eigenvalue weighted by molar-refractivity contribution is 7.17. The minimum atomic E-state index is -0.320. The van der Waals surface area contributed by atoms with Crippen molar-refractivity contribution in [2.45, 2.75) is 13.8 Å². The molecule has 0 spiro atoms. The zero-order valence-corrected chi connectivity index (χ0v) is 13.1. The molecule has 0 amide bonds. The zero-order chi connectivity index (χ0) is 15.0. The van der Waals surface area contributed by atoms with E-state index in [1.165, 1.54) is 11.3 Å². The van der Waals surface area contributed by atoms with Gasteiger partial charge in [0.1, 0.15) is 9.88 Å². The van der Waals surface area contributed by atoms with E-state index in [0.29, 0.717) is 22.2 Å². The first-order valence-corrected chi connectivity index (χ1v) is 7.71. The third kappa shape index (κ3) is 2.54. The minimum Gasteiger partial charge on any atom is -0.462 e. The van der Waals surface area contributed by atoms with Crippen LogP contribution in [0.2, 0.25) is 5.02 Å². The first-order valence-electron chi connectivity index (χ1n) is 6.51. The molecule has 6 heteroatoms. The van der Waals surface area contributed by atoms with Crippen molar-refractivity contribution in [2.75, 3.05) is 6.61 Å². The van der Waals surface area contributed by atoms with E-state index in [-0.39, 0.29) is 5.97 Å². The fourth-order valence-electron chi connectivity index (χ4n) is 2.13. The smallest absolute Gasteiger partial charge is 0.350 e. The summed E-state index contributed by atoms with van der Waals surface area (Å²) in [6, 6.07) is 5.89. The second-order valence-corrected chi connectivity index (χ2v) is 5.96. The van der Waals surface area contributed by atoms with Gasteiger partial charge >= 0.3 is 5.97 Å². The van der Waals surface area contributed by atoms with E-state index in [1.54, 1.807) is 13.1 Å². The number of H-pyrrole nitrogens is 1. The molecular weight excluding hydrogens is 308 g/mol. The third-order valence-electron chi connectivity index (χ3n) is 3.14. The van der Waals surface area contributed by atoms with E-state index in [4.69, 9.17) is 16.3 Å². The Bertz CT molecular complexity index is 822. The lowest BCUT2D eigenvalue weighted by atomic mass is 10.1. The lowest BCUT2D eigenvalue weighted by Gasteiger charge is -1.98. The molecule has 0 fully saturated rings. The molecule has 0 unspecified atom stereocenters. The van der Waals surface area contributed by atoms with Crippen LogP contribution >= 0.6 is 22.9 Å². The van der Waals surface area contributed by atoms with Gasteiger partial charge in [-0.2, -0.15) is 0 Å². The summed E-state index contributed by atoms with van der Waals surface area (Å²) in [6.45, 7) is 3.96. The van der Waals surface area contributed by atoms with Crippen LogP contribution < -0.4 is 0 Å². The van der Waals surface area contributed by atoms with Gasteiger partial charge in [0.05, 0.1) is 17.3 Å². The van der Waals surface area contributed by atoms with Gasteiger partial charge < -0.3 is 9.72 Å². The number of halogens is 1. The van der Waals surface area contributed by atoms with Crippen LogP contribution in [0.25, 0.3) is 21.5 Å². The number of nitrogens with zero attached hydrogens (tertiary/aromatic N) is 1. The lowest BCUT2D eigenvalue weighted by molar-refractivity contribution is 0.0531. The molecule has 0 atom stereocenters. The van der Waals surface area contributed by atoms with Gasteiger partial charge in [-0.3, -0.25) is 0 Å². The molecule has 3 rings (SSSR count). The molecule has 4 nitrogen and oxygen atoms in total. The highest BCUT2D eigenvalue weighted by atomic mass is 35.5. The Morgan fingerprint density at radius 2 is 2.29 bits per heavy atom. The number of benzene rings is 1. The highest BCUT2D eigenvalue weighted by Crippen LogP contribution is 2.32. The number of carbonyl (C=O) groups excluding carboxylic acids is 1. The molecule has 1 N–H and O–H groups in total. The summed E-state index contributed by atoms with van der Waals surface area (Å²) in [7, 11) is 0. The third-order valence-corrected chi connectivity index (χ3v) is 4.63. The maximum Gasteiger partial charge on any atom is 0.350 e. The number of aromatic amines is 1. The molecule has 2 aromatic heterocycles. The number of aromatic nitrogens is 2. The molecule has 0 aliphatic rings. The minimum absolute atomic E-state index is 0.320. The molecule has 0 radical (unpaired) electrons. The van der Waals surface area contributed by atoms with Gasteiger partial charge in [0.2, 0.25) is 0 Å². The van der Waals surface area contributed by atoms with Gasteiger partial charge in [-0.1, -0.05) is 11.6 Å². The highest BCUT2D eigenvalue weighted by Gasteiger charge is 2.17. The number of rotatable bonds is 3. The monoisotopic (exact) mass is 320 g/mol. The Hall–Kier alpha value is -1.85. The number of hydrogen-bond donors (Lipinski definition) is 1. The van der Waals surface area contributed by atoms with Crippen molar-refractivity contribution in [2.24, 2.45) is 0 Å². The van der Waals surface area contributed by atoms with E-state index in [1.807, 2.05) is 25.1 Å². The van der Waals surface area contributed by atoms with Crippen LogP contribution in [-0.4, -0.2) is 22.5 Å². The predicted octanol–water partition coefficient (Wildman–Crippen LogP) is 4.43. The van der Waals surface area contributed by atoms with Crippen molar-refractivity contribution in [3.8, 4) is 10.6 Å². The molecule has 0 aliphatic heterocycles. The summed E-state index contributed by atoms with van der Waals surface area (Å²) in [4.78, 5) is 20.0. The molecule has 21 heavy (non-hydrogen) atoms. The molecule has 0 aliphatic carbocycles. The number of ether oxygens (including phenoxy) is 1. The van der Waals surface area contributed by atoms with Crippen LogP contribution in [0.5, 0.6) is 0 Å². The standard InChI is InChI=1S/C15H13ClN2O2S/c1-3-20-15(19)13-8(2)18-14(21-13)9-4-5-12-10(6-9)11(16)7-17-12/h4-7,17H,3H2,1-2H3. The maximum absolute atomic E-state index is 11.9. The predicted molar refractivity (Wildman–Crippen MR) is 85.1 cm³/mol. The summed E-state index contributed by atoms with van der Waals surface area (Å²) >= 11 is 7.48. The number of carbonyl (C=O) groups is 1. The number of aryl methyl sites for hydroxylation is 1. The van der Waals surface area contributed by atoms with Crippen molar-refractivity contribution in [3.05, 3.63) is 40.0 Å². The fraction of sp³-hybridized carbons (Fsp3) is 0.200. The summed E-state index contributed by atoms with van der Waals surface area (Å²) in [5.74, 6) is -0.320. The van der Waals surface area contributed by atoms with Crippen molar-refractivity contribution in [3.63, 3.8) is 0 Å². The van der Waals surface area contributed by atoms with Crippen LogP contribution in [-0.2, 0) is 4.74 Å². The van der Waals surface area contributed by atoms with E-state index >= 15 is 0 Å². The molecule has 2 heterocycles. The molecular formula is C15H13ClN2O2S. The first-order chi connectivity index (χ1) is 10.1. The van der Waals surface area contributed by atoms with Crippen molar-refractivity contribution in [1.82, 2.24) is 9.97 Å². The summed E-state index contributed by atoms with van der Waals surface area (Å²) < 4.78 is 5.04. The molecule has 1 aromatic carbocycles. The molecule has 0 saturated carbocycles. The SMILES string of the molecule is CCOC(=O)c1sc(-c2ccc3[nH]cc(Cl)c3c2)nc1C. The summed E-state index contributed by atoms with van der Waals surface area (Å²) in [5, 5.41) is 2.40. The normalized spacial score (nSPS) is 11.0. The van der Waals surface area contributed by atoms with Crippen molar-refractivity contribution < 1.29 is 9.53 Å². The zero-order valence-electron chi connectivity index (χ0n) is 11.6. The Morgan fingerprint density at radius 3 is 3.05 bits per heavy atom. The second kappa shape index (κ2) is 5.50. The number of fused-ring (bicyclic) bond motifs is 1. The van der Waals surface area contributed by atoms with Gasteiger partial charge in [0.25, 0.3) is 0 Å². The average Bonchev–Trinajstić information content (AvgIpc) is 3.03. The van der Waals surface area contributed by atoms with Crippen LogP contribution in [0, 0.1) is 6.92 Å². The topological polar surface area (TPSA) is 55.0 Å². The first kappa shape index (κ1) is 14.1. The van der Waals surface area contributed by atoms with Crippen LogP contribution in [0.3, 0.4) is 0 Å². The Kier molecular flexibility index (Phi) is 3.69. The van der Waals surface area contributed by atoms with Gasteiger partial charge in [-0.05, 0) is 32.0 Å². The summed E-state index contributed by atoms with van der Waals surface area (Å²) in [5.41, 5.74) is 2.60. The van der Waals surface area contributed by atoms with Crippen molar-refractivity contribution in [1.29, 1.82) is 0 Å². The van der Waals surface area contributed by atoms with Crippen LogP contribution in [0.1, 0.15) is 22.3 Å². The number of hydrogen-bond acceptors (Lipinski definition) is 4. The lowest BCUT2D eigenvalue weighted by Crippen LogP contribution is -2.03. The van der Waals surface area contributed by atoms with E-state index < -0.39 is 0 Å². The van der Waals surface area contributed by atoms with Gasteiger partial charge in [0.15, 0.2) is 0 Å². The van der Waals surface area contributed by atoms with E-state index in [2.05, 4.69) is 9.97 Å². The second-order valence-electron chi connectivity index (χ2n) is 4.55. The van der Waals surface area contributed by atoms with Crippen molar-refractivity contribution >= 4 is 39.8 Å². The number of thiazole rings is 1. The average molecular weight is 321 g/mol. The molecule has 3 aromatic rings. The molecule has 108 valence electrons. The van der Waals surface area contributed by atoms with E-state index in [9.17, 15) is 4.79 Å². The summed E-state index contributed by atoms with van der Waals surface area (Å²) in [6.07, 6.45) is 1.76. The number of nitrogens with one attached hydrogen (secondary N) is 1. The Balaban J connectivity index is 2.04. The largest absolute Gasteiger partial charge is 0.462 e. The Morgan fingerprint density at radius 1 is 1.48 bits per heavy atom. The van der Waals surface area contributed by atoms with Gasteiger partial charge in [-0.15, -0.1) is 11.3 Å².